The maximum absolute atomic E-state index is 9.31. The van der Waals surface area contributed by atoms with Crippen molar-refractivity contribution in [3.63, 3.8) is 0 Å². The first-order chi connectivity index (χ1) is 7.69. The highest BCUT2D eigenvalue weighted by Gasteiger charge is 1.99. The van der Waals surface area contributed by atoms with Crippen LogP contribution in [0.25, 0.3) is 6.08 Å². The van der Waals surface area contributed by atoms with Crippen molar-refractivity contribution < 1.29 is 19.7 Å². The van der Waals surface area contributed by atoms with Gasteiger partial charge in [0.25, 0.3) is 6.47 Å². The van der Waals surface area contributed by atoms with E-state index in [4.69, 9.17) is 14.6 Å². The van der Waals surface area contributed by atoms with E-state index in [0.29, 0.717) is 14.0 Å². The number of hydrogen-bond acceptors (Lipinski definition) is 3. The molecule has 2 atom stereocenters. The average molecular weight is 260 g/mol. The van der Waals surface area contributed by atoms with Crippen LogP contribution in [-0.2, 0) is 4.79 Å². The van der Waals surface area contributed by atoms with Gasteiger partial charge in [-0.25, -0.2) is 0 Å². The fourth-order valence-corrected chi connectivity index (χ4v) is 1.52. The lowest BCUT2D eigenvalue weighted by Gasteiger charge is -2.03. The summed E-state index contributed by atoms with van der Waals surface area (Å²) >= 11 is 0. The molecule has 1 rings (SSSR count). The predicted molar refractivity (Wildman–Crippen MR) is 70.4 cm³/mol. The van der Waals surface area contributed by atoms with Gasteiger partial charge < -0.3 is 14.9 Å². The molecule has 0 fully saturated rings. The van der Waals surface area contributed by atoms with Crippen molar-refractivity contribution in [3.05, 3.63) is 29.6 Å². The molecule has 0 aliphatic rings. The summed E-state index contributed by atoms with van der Waals surface area (Å²) in [4.78, 5) is 8.36. The number of carbonyl (C=O) groups is 1. The Labute approximate surface area is 98.2 Å². The highest BCUT2D eigenvalue weighted by atomic mass is 32.0. The van der Waals surface area contributed by atoms with Crippen molar-refractivity contribution >= 4 is 29.7 Å². The minimum Gasteiger partial charge on any atom is -0.504 e. The first-order valence-corrected chi connectivity index (χ1v) is 7.15. The Bertz CT molecular complexity index is 353. The van der Waals surface area contributed by atoms with Crippen molar-refractivity contribution in [1.29, 1.82) is 0 Å². The third kappa shape index (κ3) is 5.69. The third-order valence-corrected chi connectivity index (χ3v) is 2.51. The maximum atomic E-state index is 9.31. The maximum Gasteiger partial charge on any atom is 0.290 e. The molecule has 16 heavy (non-hydrogen) atoms. The molecule has 2 N–H and O–H groups in total. The molecule has 0 saturated heterocycles. The van der Waals surface area contributed by atoms with Crippen molar-refractivity contribution in [2.45, 2.75) is 0 Å². The number of methoxy groups -OCH3 is 1. The van der Waals surface area contributed by atoms with Crippen molar-refractivity contribution in [2.24, 2.45) is 0 Å². The normalized spacial score (nSPS) is 10.1. The first-order valence-electron chi connectivity index (χ1n) is 4.27. The second-order valence-electron chi connectivity index (χ2n) is 2.54. The van der Waals surface area contributed by atoms with Gasteiger partial charge in [0.2, 0.25) is 0 Å². The lowest BCUT2D eigenvalue weighted by atomic mass is 10.2. The lowest BCUT2D eigenvalue weighted by molar-refractivity contribution is -0.122. The largest absolute Gasteiger partial charge is 0.504 e. The van der Waals surface area contributed by atoms with E-state index < -0.39 is 0 Å². The summed E-state index contributed by atoms with van der Waals surface area (Å²) in [5.74, 6) is 2.73. The molecular formula is C10H14O4P2. The second kappa shape index (κ2) is 9.14. The Hall–Kier alpha value is -1.11. The summed E-state index contributed by atoms with van der Waals surface area (Å²) in [6.45, 7) is -0.250. The highest BCUT2D eigenvalue weighted by Crippen LogP contribution is 2.28. The van der Waals surface area contributed by atoms with Crippen LogP contribution in [-0.4, -0.2) is 23.8 Å². The van der Waals surface area contributed by atoms with Crippen LogP contribution in [0.1, 0.15) is 5.56 Å². The summed E-state index contributed by atoms with van der Waals surface area (Å²) < 4.78 is 4.98. The molecule has 88 valence electrons. The van der Waals surface area contributed by atoms with Gasteiger partial charge in [-0.1, -0.05) is 26.2 Å². The zero-order chi connectivity index (χ0) is 12.4. The van der Waals surface area contributed by atoms with E-state index in [0.717, 1.165) is 5.56 Å². The van der Waals surface area contributed by atoms with Crippen LogP contribution in [0.4, 0.5) is 0 Å². The lowest BCUT2D eigenvalue weighted by Crippen LogP contribution is -1.83. The minimum absolute atomic E-state index is 0.174. The molecule has 1 aromatic rings. The number of hydrogen-bond donors (Lipinski definition) is 2. The molecule has 0 spiro atoms. The van der Waals surface area contributed by atoms with Gasteiger partial charge in [-0.05, 0) is 17.7 Å². The molecule has 0 aliphatic carbocycles. The molecule has 0 saturated carbocycles. The van der Waals surface area contributed by atoms with Crippen LogP contribution in [0.5, 0.6) is 11.5 Å². The number of phenolic OH excluding ortho intramolecular Hbond substituents is 1. The Balaban J connectivity index is 0.000000673. The van der Waals surface area contributed by atoms with Crippen LogP contribution in [0.2, 0.25) is 0 Å². The molecule has 0 heterocycles. The zero-order valence-electron chi connectivity index (χ0n) is 8.75. The average Bonchev–Trinajstić information content (AvgIpc) is 2.29. The van der Waals surface area contributed by atoms with E-state index in [2.05, 4.69) is 14.7 Å². The number of rotatable bonds is 3. The van der Waals surface area contributed by atoms with E-state index in [9.17, 15) is 5.11 Å². The monoisotopic (exact) mass is 260 g/mol. The van der Waals surface area contributed by atoms with E-state index in [1.165, 1.54) is 0 Å². The molecular weight excluding hydrogens is 246 g/mol. The molecule has 0 aromatic heterocycles. The predicted octanol–water partition coefficient (Wildman–Crippen LogP) is 2.54. The summed E-state index contributed by atoms with van der Waals surface area (Å²) in [7, 11) is 4.90. The summed E-state index contributed by atoms with van der Waals surface area (Å²) in [6.07, 6.45) is 1.99. The number of carboxylic acid groups (broad SMARTS) is 1. The van der Waals surface area contributed by atoms with Gasteiger partial charge in [0.05, 0.1) is 7.11 Å². The minimum atomic E-state index is -0.250. The Morgan fingerprint density at radius 2 is 2.12 bits per heavy atom. The van der Waals surface area contributed by atoms with Crippen LogP contribution in [0.3, 0.4) is 0 Å². The fraction of sp³-hybridized carbons (Fsp3) is 0.100. The third-order valence-electron chi connectivity index (χ3n) is 1.58. The van der Waals surface area contributed by atoms with E-state index in [-0.39, 0.29) is 12.2 Å². The number of phenols is 1. The topological polar surface area (TPSA) is 66.8 Å². The van der Waals surface area contributed by atoms with Gasteiger partial charge in [-0.3, -0.25) is 4.79 Å². The smallest absolute Gasteiger partial charge is 0.290 e. The standard InChI is InChI=1S/C9H12O2P2.CH2O2/c1-11-9-6-7(4-5-13-12)2-3-8(9)10;2-1-3/h2-6,10,13H,12H2,1H3;1H,(H,2,3)/b5-4+;. The van der Waals surface area contributed by atoms with Crippen LogP contribution in [0.15, 0.2) is 24.0 Å². The summed E-state index contributed by atoms with van der Waals surface area (Å²) in [5.41, 5.74) is 1.03. The van der Waals surface area contributed by atoms with Crippen molar-refractivity contribution in [2.75, 3.05) is 7.11 Å². The van der Waals surface area contributed by atoms with E-state index in [1.54, 1.807) is 19.2 Å². The molecule has 0 radical (unpaired) electrons. The number of ether oxygens (including phenoxy) is 1. The van der Waals surface area contributed by atoms with Crippen LogP contribution in [0, 0.1) is 0 Å². The van der Waals surface area contributed by atoms with Gasteiger partial charge >= 0.3 is 0 Å². The highest BCUT2D eigenvalue weighted by molar-refractivity contribution is 8.04. The summed E-state index contributed by atoms with van der Waals surface area (Å²) in [6, 6.07) is 5.28. The first kappa shape index (κ1) is 14.9. The van der Waals surface area contributed by atoms with Crippen LogP contribution < -0.4 is 4.74 Å². The van der Waals surface area contributed by atoms with Gasteiger partial charge in [0.15, 0.2) is 11.5 Å². The second-order valence-corrected chi connectivity index (χ2v) is 4.20. The molecule has 1 aromatic carbocycles. The molecule has 4 nitrogen and oxygen atoms in total. The SMILES string of the molecule is COc1cc(/C=C/PP)ccc1O.O=CO. The number of benzene rings is 1. The number of aromatic hydroxyl groups is 1. The van der Waals surface area contributed by atoms with Gasteiger partial charge in [0.1, 0.15) is 0 Å². The Kier molecular flexibility index (Phi) is 8.51. The van der Waals surface area contributed by atoms with Crippen LogP contribution >= 0.6 is 17.2 Å². The van der Waals surface area contributed by atoms with Crippen molar-refractivity contribution in [3.8, 4) is 11.5 Å². The van der Waals surface area contributed by atoms with E-state index in [1.807, 2.05) is 12.1 Å². The summed E-state index contributed by atoms with van der Waals surface area (Å²) in [5, 5.41) is 16.2. The molecule has 0 amide bonds. The molecule has 0 aliphatic heterocycles. The van der Waals surface area contributed by atoms with Gasteiger partial charge in [-0.2, -0.15) is 0 Å². The zero-order valence-corrected chi connectivity index (χ0v) is 10.9. The Morgan fingerprint density at radius 3 is 2.62 bits per heavy atom. The van der Waals surface area contributed by atoms with Crippen molar-refractivity contribution in [1.82, 2.24) is 0 Å². The molecule has 6 heteroatoms. The molecule has 0 bridgehead atoms. The quantitative estimate of drug-likeness (QED) is 0.647. The Morgan fingerprint density at radius 1 is 1.50 bits per heavy atom. The van der Waals surface area contributed by atoms with Gasteiger partial charge in [0, 0.05) is 0 Å². The van der Waals surface area contributed by atoms with E-state index >= 15 is 0 Å². The fourth-order valence-electron chi connectivity index (χ4n) is 0.942. The molecule has 2 unspecified atom stereocenters. The van der Waals surface area contributed by atoms with Gasteiger partial charge in [-0.15, -0.1) is 8.93 Å².